The van der Waals surface area contributed by atoms with Crippen molar-refractivity contribution in [2.24, 2.45) is 0 Å². The van der Waals surface area contributed by atoms with Gasteiger partial charge in [-0.3, -0.25) is 10.1 Å². The lowest BCUT2D eigenvalue weighted by molar-refractivity contribution is -0.279. The third kappa shape index (κ3) is 10.4. The first-order valence-corrected chi connectivity index (χ1v) is 16.8. The third-order valence-corrected chi connectivity index (χ3v) is 8.66. The summed E-state index contributed by atoms with van der Waals surface area (Å²) >= 11 is 0. The largest absolute Gasteiger partial charge is 0.481 e. The molecule has 3 heterocycles. The van der Waals surface area contributed by atoms with Crippen molar-refractivity contribution in [1.29, 1.82) is 0 Å². The van der Waals surface area contributed by atoms with E-state index in [0.717, 1.165) is 38.8 Å². The van der Waals surface area contributed by atoms with Crippen LogP contribution in [0.15, 0.2) is 24.3 Å². The zero-order chi connectivity index (χ0) is 31.4. The van der Waals surface area contributed by atoms with Gasteiger partial charge in [0.1, 0.15) is 12.7 Å². The molecule has 0 bridgehead atoms. The van der Waals surface area contributed by atoms with Crippen LogP contribution in [0.4, 0.5) is 10.5 Å². The van der Waals surface area contributed by atoms with Gasteiger partial charge >= 0.3 is 12.1 Å². The quantitative estimate of drug-likeness (QED) is 0.189. The van der Waals surface area contributed by atoms with Crippen LogP contribution in [-0.2, 0) is 34.9 Å². The standard InChI is InChI=1S/C34H54N2O8/c1-4-5-6-7-8-9-12-15-22-40-25-34-31(43-33(2,3)44-34)30(28(42-34)24-36-20-13-10-11-14-21-36)41-32(39)35-27-18-16-26(17-19-27)23-29(37)38/h16-19,28,30-31H,4-15,20-25H2,1-3H3,(H,35,39)(H,37,38)/t28-,30+,31-,34-/m0/s1. The maximum Gasteiger partial charge on any atom is 0.412 e. The predicted octanol–water partition coefficient (Wildman–Crippen LogP) is 6.51. The highest BCUT2D eigenvalue weighted by Crippen LogP contribution is 2.47. The van der Waals surface area contributed by atoms with Crippen LogP contribution >= 0.6 is 0 Å². The molecular weight excluding hydrogens is 564 g/mol. The number of anilines is 1. The zero-order valence-electron chi connectivity index (χ0n) is 27.0. The number of carboxylic acid groups (broad SMARTS) is 1. The Hall–Kier alpha value is -2.24. The summed E-state index contributed by atoms with van der Waals surface area (Å²) in [4.78, 5) is 26.6. The Kier molecular flexibility index (Phi) is 13.3. The molecule has 0 spiro atoms. The predicted molar refractivity (Wildman–Crippen MR) is 168 cm³/mol. The number of carboxylic acids is 1. The van der Waals surface area contributed by atoms with Crippen molar-refractivity contribution in [1.82, 2.24) is 4.90 Å². The van der Waals surface area contributed by atoms with Crippen molar-refractivity contribution < 1.29 is 38.4 Å². The van der Waals surface area contributed by atoms with Gasteiger partial charge in [0.25, 0.3) is 0 Å². The molecule has 1 aromatic carbocycles. The number of benzene rings is 1. The average Bonchev–Trinajstić information content (AvgIpc) is 3.21. The molecule has 3 fully saturated rings. The molecule has 0 aromatic heterocycles. The molecule has 248 valence electrons. The van der Waals surface area contributed by atoms with Crippen LogP contribution in [0.25, 0.3) is 0 Å². The first-order valence-electron chi connectivity index (χ1n) is 16.8. The van der Waals surface area contributed by atoms with Crippen molar-refractivity contribution in [3.05, 3.63) is 29.8 Å². The minimum atomic E-state index is -1.18. The van der Waals surface area contributed by atoms with Crippen LogP contribution < -0.4 is 5.32 Å². The molecule has 44 heavy (non-hydrogen) atoms. The summed E-state index contributed by atoms with van der Waals surface area (Å²) in [5.74, 6) is -3.02. The fraction of sp³-hybridized carbons (Fsp3) is 0.765. The third-order valence-electron chi connectivity index (χ3n) is 8.66. The van der Waals surface area contributed by atoms with Gasteiger partial charge in [0, 0.05) is 18.8 Å². The maximum atomic E-state index is 13.2. The summed E-state index contributed by atoms with van der Waals surface area (Å²) < 4.78 is 31.7. The van der Waals surface area contributed by atoms with Gasteiger partial charge in [-0.15, -0.1) is 0 Å². The summed E-state index contributed by atoms with van der Waals surface area (Å²) in [6.07, 6.45) is 12.0. The Morgan fingerprint density at radius 1 is 0.955 bits per heavy atom. The molecule has 0 unspecified atom stereocenters. The number of ether oxygens (including phenoxy) is 5. The molecule has 4 atom stereocenters. The van der Waals surface area contributed by atoms with Gasteiger partial charge in [0.2, 0.25) is 5.79 Å². The van der Waals surface area contributed by atoms with E-state index in [1.807, 2.05) is 13.8 Å². The van der Waals surface area contributed by atoms with Gasteiger partial charge in [-0.1, -0.05) is 76.8 Å². The first kappa shape index (κ1) is 34.6. The maximum absolute atomic E-state index is 13.2. The molecule has 3 aliphatic heterocycles. The van der Waals surface area contributed by atoms with E-state index in [1.54, 1.807) is 24.3 Å². The minimum absolute atomic E-state index is 0.0830. The number of hydrogen-bond acceptors (Lipinski definition) is 8. The number of carbonyl (C=O) groups is 2. The molecule has 10 heteroatoms. The Morgan fingerprint density at radius 3 is 2.27 bits per heavy atom. The van der Waals surface area contributed by atoms with Crippen LogP contribution in [0.1, 0.15) is 103 Å². The lowest BCUT2D eigenvalue weighted by Crippen LogP contribution is -2.46. The normalized spacial score (nSPS) is 26.7. The highest BCUT2D eigenvalue weighted by atomic mass is 16.9. The van der Waals surface area contributed by atoms with E-state index < -0.39 is 41.9 Å². The number of unbranched alkanes of at least 4 members (excludes halogenated alkanes) is 7. The molecule has 0 radical (unpaired) electrons. The number of aliphatic carboxylic acids is 1. The molecule has 0 aliphatic carbocycles. The molecule has 0 saturated carbocycles. The molecule has 3 saturated heterocycles. The van der Waals surface area contributed by atoms with Crippen molar-refractivity contribution in [2.75, 3.05) is 38.2 Å². The number of fused-ring (bicyclic) bond motifs is 1. The van der Waals surface area contributed by atoms with Gasteiger partial charge in [-0.05, 0) is 63.9 Å². The lowest BCUT2D eigenvalue weighted by atomic mass is 10.0. The van der Waals surface area contributed by atoms with Crippen molar-refractivity contribution in [3.63, 3.8) is 0 Å². The van der Waals surface area contributed by atoms with Gasteiger partial charge in [-0.2, -0.15) is 0 Å². The van der Waals surface area contributed by atoms with Crippen LogP contribution in [0.2, 0.25) is 0 Å². The van der Waals surface area contributed by atoms with Gasteiger partial charge in [0.05, 0.1) is 6.42 Å². The summed E-state index contributed by atoms with van der Waals surface area (Å²) in [5, 5.41) is 11.8. The smallest absolute Gasteiger partial charge is 0.412 e. The van der Waals surface area contributed by atoms with E-state index in [9.17, 15) is 9.59 Å². The number of nitrogens with one attached hydrogen (secondary N) is 1. The number of amides is 1. The average molecular weight is 619 g/mol. The van der Waals surface area contributed by atoms with Crippen molar-refractivity contribution in [3.8, 4) is 0 Å². The second-order valence-electron chi connectivity index (χ2n) is 13.0. The topological polar surface area (TPSA) is 116 Å². The fourth-order valence-corrected chi connectivity index (χ4v) is 6.52. The molecule has 1 amide bonds. The number of hydrogen-bond donors (Lipinski definition) is 2. The van der Waals surface area contributed by atoms with Gasteiger partial charge < -0.3 is 33.7 Å². The molecule has 1 aromatic rings. The van der Waals surface area contributed by atoms with E-state index in [0.29, 0.717) is 24.4 Å². The van der Waals surface area contributed by atoms with Crippen LogP contribution in [0, 0.1) is 0 Å². The summed E-state index contributed by atoms with van der Waals surface area (Å²) in [7, 11) is 0. The van der Waals surface area contributed by atoms with Crippen LogP contribution in [0.5, 0.6) is 0 Å². The summed E-state index contributed by atoms with van der Waals surface area (Å²) in [6, 6.07) is 6.69. The Bertz CT molecular complexity index is 1030. The molecule has 10 nitrogen and oxygen atoms in total. The SMILES string of the molecule is CCCCCCCCCCOC[C@@]12O[C@@H](CN3CCCCCC3)[C@@H](OC(=O)Nc3ccc(CC(=O)O)cc3)[C@@H]1OC(C)(C)O2. The molecule has 3 aliphatic rings. The highest BCUT2D eigenvalue weighted by Gasteiger charge is 2.66. The number of rotatable bonds is 17. The lowest BCUT2D eigenvalue weighted by Gasteiger charge is -2.31. The Balaban J connectivity index is 1.39. The van der Waals surface area contributed by atoms with E-state index in [-0.39, 0.29) is 13.0 Å². The minimum Gasteiger partial charge on any atom is -0.481 e. The molecule has 2 N–H and O–H groups in total. The summed E-state index contributed by atoms with van der Waals surface area (Å²) in [6.45, 7) is 9.28. The second-order valence-corrected chi connectivity index (χ2v) is 13.0. The first-order chi connectivity index (χ1) is 21.2. The molecular formula is C34H54N2O8. The van der Waals surface area contributed by atoms with Crippen LogP contribution in [-0.4, -0.2) is 84.8 Å². The fourth-order valence-electron chi connectivity index (χ4n) is 6.52. The Labute approximate surface area is 263 Å². The highest BCUT2D eigenvalue weighted by molar-refractivity contribution is 5.85. The van der Waals surface area contributed by atoms with E-state index >= 15 is 0 Å². The Morgan fingerprint density at radius 2 is 1.61 bits per heavy atom. The monoisotopic (exact) mass is 618 g/mol. The van der Waals surface area contributed by atoms with Gasteiger partial charge in [0.15, 0.2) is 18.0 Å². The number of carbonyl (C=O) groups excluding carboxylic acids is 1. The van der Waals surface area contributed by atoms with Crippen LogP contribution in [0.3, 0.4) is 0 Å². The second kappa shape index (κ2) is 16.9. The van der Waals surface area contributed by atoms with E-state index in [2.05, 4.69) is 17.1 Å². The van der Waals surface area contributed by atoms with E-state index in [1.165, 1.54) is 51.4 Å². The van der Waals surface area contributed by atoms with Crippen molar-refractivity contribution in [2.45, 2.75) is 134 Å². The van der Waals surface area contributed by atoms with Crippen molar-refractivity contribution >= 4 is 17.7 Å². The molecule has 4 rings (SSSR count). The van der Waals surface area contributed by atoms with Gasteiger partial charge in [-0.25, -0.2) is 4.79 Å². The number of likely N-dealkylation sites (tertiary alicyclic amines) is 1. The van der Waals surface area contributed by atoms with E-state index in [4.69, 9.17) is 28.8 Å². The zero-order valence-corrected chi connectivity index (χ0v) is 27.0. The summed E-state index contributed by atoms with van der Waals surface area (Å²) in [5.41, 5.74) is 1.16. The number of nitrogens with zero attached hydrogens (tertiary/aromatic N) is 1.